The SMILES string of the molecule is C.C.C.C.C=S(C)(=O)c1cc(C)ccn1.CCc1cc(C)ccn1.Cc1c[nH]c(S(C)(=O)=O)c1.Cc1cc(NCC(C)(C)O)nc(S(C)(=O)=O)c1.Cc1ccnc(C(C)(C)O)c1.Cc1cnc(S(C)(=O)=O)s1. The van der Waals surface area contributed by atoms with E-state index in [1.165, 1.54) is 34.9 Å². The predicted molar refractivity (Wildman–Crippen MR) is 303 cm³/mol. The highest BCUT2D eigenvalue weighted by atomic mass is 32.2. The number of aromatic amines is 1. The van der Waals surface area contributed by atoms with Crippen LogP contribution in [-0.2, 0) is 51.1 Å². The van der Waals surface area contributed by atoms with Crippen LogP contribution >= 0.6 is 11.3 Å². The monoisotopic (exact) mass is 1100 g/mol. The Labute approximate surface area is 438 Å². The van der Waals surface area contributed by atoms with E-state index in [1.807, 2.05) is 58.2 Å². The lowest BCUT2D eigenvalue weighted by Gasteiger charge is -2.18. The molecule has 0 aliphatic carbocycles. The smallest absolute Gasteiger partial charge is 0.209 e. The van der Waals surface area contributed by atoms with Crippen LogP contribution in [0.3, 0.4) is 0 Å². The topological polar surface area (TPSA) is 252 Å². The minimum absolute atomic E-state index is 0. The minimum atomic E-state index is -3.32. The van der Waals surface area contributed by atoms with Gasteiger partial charge in [-0.2, -0.15) is 0 Å². The van der Waals surface area contributed by atoms with E-state index in [0.29, 0.717) is 17.4 Å². The maximum Gasteiger partial charge on any atom is 0.209 e. The Kier molecular flexibility index (Phi) is 32.4. The van der Waals surface area contributed by atoms with Crippen molar-refractivity contribution < 1.29 is 39.7 Å². The lowest BCUT2D eigenvalue weighted by Crippen LogP contribution is -2.29. The molecular weight excluding hydrogens is 1010 g/mol. The first-order valence-corrected chi connectivity index (χ1v) is 29.5. The van der Waals surface area contributed by atoms with Crippen LogP contribution in [0.5, 0.6) is 0 Å². The van der Waals surface area contributed by atoms with Crippen LogP contribution in [0.4, 0.5) is 5.82 Å². The summed E-state index contributed by atoms with van der Waals surface area (Å²) in [5.41, 5.74) is 5.40. The zero-order chi connectivity index (χ0) is 52.5. The number of anilines is 1. The zero-order valence-corrected chi connectivity index (χ0v) is 45.8. The van der Waals surface area contributed by atoms with Gasteiger partial charge in [-0.3, -0.25) is 14.2 Å². The molecule has 6 heterocycles. The third-order valence-corrected chi connectivity index (χ3v) is 14.1. The van der Waals surface area contributed by atoms with E-state index in [4.69, 9.17) is 0 Å². The number of aryl methyl sites for hydroxylation is 7. The summed E-state index contributed by atoms with van der Waals surface area (Å²) < 4.78 is 77.6. The Morgan fingerprint density at radius 1 is 0.625 bits per heavy atom. The van der Waals surface area contributed by atoms with E-state index in [0.717, 1.165) is 51.8 Å². The van der Waals surface area contributed by atoms with E-state index in [-0.39, 0.29) is 44.1 Å². The van der Waals surface area contributed by atoms with Gasteiger partial charge in [0.2, 0.25) is 14.2 Å². The zero-order valence-electron chi connectivity index (χ0n) is 41.7. The van der Waals surface area contributed by atoms with Crippen molar-refractivity contribution in [3.05, 3.63) is 130 Å². The van der Waals surface area contributed by atoms with Crippen molar-refractivity contribution in [2.24, 2.45) is 0 Å². The molecule has 16 nitrogen and oxygen atoms in total. The van der Waals surface area contributed by atoms with E-state index in [2.05, 4.69) is 61.0 Å². The van der Waals surface area contributed by atoms with Gasteiger partial charge in [0.05, 0.1) is 11.3 Å². The molecule has 0 aliphatic heterocycles. The normalized spacial score (nSPS) is 11.6. The van der Waals surface area contributed by atoms with E-state index in [9.17, 15) is 39.7 Å². The third kappa shape index (κ3) is 30.9. The third-order valence-electron chi connectivity index (χ3n) is 8.36. The highest BCUT2D eigenvalue weighted by Gasteiger charge is 2.17. The van der Waals surface area contributed by atoms with Crippen molar-refractivity contribution in [2.75, 3.05) is 36.9 Å². The van der Waals surface area contributed by atoms with E-state index >= 15 is 0 Å². The van der Waals surface area contributed by atoms with Crippen LogP contribution in [0.15, 0.2) is 105 Å². The second-order valence-corrected chi connectivity index (χ2v) is 27.1. The van der Waals surface area contributed by atoms with Crippen molar-refractivity contribution in [2.45, 2.75) is 143 Å². The van der Waals surface area contributed by atoms with Crippen LogP contribution in [0.2, 0.25) is 0 Å². The van der Waals surface area contributed by atoms with Crippen LogP contribution in [0.25, 0.3) is 0 Å². The molecule has 0 saturated heterocycles. The summed E-state index contributed by atoms with van der Waals surface area (Å²) in [6.45, 7) is 20.7. The molecule has 6 aromatic heterocycles. The average molecular weight is 1100 g/mol. The van der Waals surface area contributed by atoms with Gasteiger partial charge in [-0.15, -0.1) is 11.3 Å². The quantitative estimate of drug-likeness (QED) is 0.0983. The Balaban J connectivity index is -0.000000386. The van der Waals surface area contributed by atoms with Gasteiger partial charge in [0, 0.05) is 82.6 Å². The molecule has 1 unspecified atom stereocenters. The van der Waals surface area contributed by atoms with Gasteiger partial charge in [-0.05, 0) is 164 Å². The molecule has 0 spiro atoms. The van der Waals surface area contributed by atoms with Gasteiger partial charge < -0.3 is 20.5 Å². The fourth-order valence-electron chi connectivity index (χ4n) is 4.82. The summed E-state index contributed by atoms with van der Waals surface area (Å²) in [6.07, 6.45) is 14.5. The van der Waals surface area contributed by atoms with Gasteiger partial charge in [0.1, 0.15) is 21.5 Å². The van der Waals surface area contributed by atoms with Crippen molar-refractivity contribution in [3.8, 4) is 0 Å². The van der Waals surface area contributed by atoms with Crippen molar-refractivity contribution in [3.63, 3.8) is 0 Å². The number of rotatable bonds is 9. The van der Waals surface area contributed by atoms with Crippen molar-refractivity contribution in [1.29, 1.82) is 0 Å². The Morgan fingerprint density at radius 3 is 1.43 bits per heavy atom. The first-order valence-electron chi connectivity index (χ1n) is 20.8. The molecule has 0 aliphatic rings. The number of hydrogen-bond donors (Lipinski definition) is 4. The molecule has 1 atom stereocenters. The second-order valence-electron chi connectivity index (χ2n) is 17.3. The maximum atomic E-state index is 11.4. The molecule has 4 N–H and O–H groups in total. The molecule has 0 radical (unpaired) electrons. The summed E-state index contributed by atoms with van der Waals surface area (Å²) in [5, 5.41) is 22.9. The molecule has 6 rings (SSSR count). The van der Waals surface area contributed by atoms with Crippen LogP contribution in [-0.4, -0.2) is 113 Å². The first-order chi connectivity index (χ1) is 30.9. The number of nitrogens with one attached hydrogen (secondary N) is 2. The summed E-state index contributed by atoms with van der Waals surface area (Å²) >= 11 is 1.20. The molecule has 72 heavy (non-hydrogen) atoms. The van der Waals surface area contributed by atoms with Crippen molar-refractivity contribution in [1.82, 2.24) is 29.9 Å². The molecule has 0 aromatic carbocycles. The highest BCUT2D eigenvalue weighted by Crippen LogP contribution is 2.18. The van der Waals surface area contributed by atoms with Crippen LogP contribution in [0, 0.1) is 41.5 Å². The largest absolute Gasteiger partial charge is 0.389 e. The number of hydrogen-bond acceptors (Lipinski definition) is 16. The number of pyridine rings is 4. The van der Waals surface area contributed by atoms with Gasteiger partial charge in [0.15, 0.2) is 24.7 Å². The van der Waals surface area contributed by atoms with Gasteiger partial charge in [-0.25, -0.2) is 40.2 Å². The number of aromatic nitrogens is 6. The van der Waals surface area contributed by atoms with E-state index in [1.54, 1.807) is 83.9 Å². The minimum Gasteiger partial charge on any atom is -0.389 e. The Hall–Kier alpha value is -4.90. The number of thiazole rings is 1. The molecule has 21 heteroatoms. The van der Waals surface area contributed by atoms with Gasteiger partial charge >= 0.3 is 0 Å². The highest BCUT2D eigenvalue weighted by molar-refractivity contribution is 7.99. The summed E-state index contributed by atoms with van der Waals surface area (Å²) in [7, 11) is -11.6. The molecule has 0 fully saturated rings. The standard InChI is InChI=1S/C11H18N2O3S.C9H13NO.C8H11NOS.C8H11N.C6H9NO2S.C5H7NO2S2.4CH4/c1-8-5-9(12-7-11(2,3)14)13-10(6-8)17(4,15)16;1-7-4-5-10-8(6-7)9(2,3)11;1-7-4-5-9-8(6-7)11(2,3)10;1-3-8-6-7(2)4-5-9-8;1-5-3-6(7-4-5)10(2,8)9;1-4-3-6-5(9-4)10(2,7)8;;;;/h5-6,14H,7H2,1-4H3,(H,12,13);4-6,11H,1-3H3;4-6H,2H2,1,3H3;4-6H,3H2,1-2H3;3-4,7H,1-2H3;3H,1-2H3;4*1H4. The molecule has 408 valence electrons. The number of nitrogens with zero attached hydrogens (tertiary/aromatic N) is 5. The summed E-state index contributed by atoms with van der Waals surface area (Å²) in [5.74, 6) is 4.00. The summed E-state index contributed by atoms with van der Waals surface area (Å²) in [4.78, 5) is 23.5. The number of H-pyrrole nitrogens is 1. The average Bonchev–Trinajstić information content (AvgIpc) is 3.86. The Bertz CT molecular complexity index is 2930. The lowest BCUT2D eigenvalue weighted by molar-refractivity contribution is 0.0737. The fourth-order valence-corrected chi connectivity index (χ4v) is 8.61. The van der Waals surface area contributed by atoms with Gasteiger partial charge in [0.25, 0.3) is 0 Å². The number of sulfone groups is 3. The molecular formula is C51H85N7O9S5. The van der Waals surface area contributed by atoms with Crippen molar-refractivity contribution >= 4 is 62.1 Å². The van der Waals surface area contributed by atoms with Crippen LogP contribution < -0.4 is 5.32 Å². The fraction of sp³-hybridized carbons (Fsp3) is 0.451. The van der Waals surface area contributed by atoms with Crippen LogP contribution in [0.1, 0.15) is 108 Å². The van der Waals surface area contributed by atoms with E-state index < -0.39 is 50.2 Å². The second kappa shape index (κ2) is 31.6. The number of aliphatic hydroxyl groups is 2. The molecule has 0 saturated carbocycles. The molecule has 0 amide bonds. The predicted octanol–water partition coefficient (Wildman–Crippen LogP) is 9.77. The van der Waals surface area contributed by atoms with Gasteiger partial charge in [-0.1, -0.05) is 36.6 Å². The maximum absolute atomic E-state index is 11.4. The molecule has 0 bridgehead atoms. The molecule has 6 aromatic rings. The lowest BCUT2D eigenvalue weighted by atomic mass is 10.0. The summed E-state index contributed by atoms with van der Waals surface area (Å²) in [6, 6.07) is 16.5. The Morgan fingerprint density at radius 2 is 1.12 bits per heavy atom. The first kappa shape index (κ1) is 73.6.